The van der Waals surface area contributed by atoms with Gasteiger partial charge in [0, 0.05) is 13.1 Å². The molecule has 1 saturated carbocycles. The molecular formula is C23H29Cl2N3O4. The minimum Gasteiger partial charge on any atom is -0.380 e. The Morgan fingerprint density at radius 2 is 1.69 bits per heavy atom. The van der Waals surface area contributed by atoms with E-state index < -0.39 is 5.60 Å². The Bertz CT molecular complexity index is 903. The van der Waals surface area contributed by atoms with Gasteiger partial charge in [-0.25, -0.2) is 0 Å². The van der Waals surface area contributed by atoms with Crippen molar-refractivity contribution in [3.8, 4) is 0 Å². The third-order valence-corrected chi connectivity index (χ3v) is 8.10. The van der Waals surface area contributed by atoms with Gasteiger partial charge in [-0.2, -0.15) is 0 Å². The number of amides is 2. The molecule has 1 aromatic carbocycles. The Morgan fingerprint density at radius 3 is 2.38 bits per heavy atom. The molecule has 1 aromatic rings. The minimum absolute atomic E-state index is 0.0155. The summed E-state index contributed by atoms with van der Waals surface area (Å²) in [5.41, 5.74) is -0.409. The van der Waals surface area contributed by atoms with Crippen LogP contribution in [-0.2, 0) is 20.7 Å². The molecule has 0 radical (unpaired) electrons. The van der Waals surface area contributed by atoms with Crippen molar-refractivity contribution in [3.05, 3.63) is 33.8 Å². The number of hydrogen-bond donors (Lipinski definition) is 1. The first kappa shape index (κ1) is 22.4. The fraction of sp³-hybridized carbons (Fsp3) is 0.652. The van der Waals surface area contributed by atoms with E-state index >= 15 is 0 Å². The number of fused-ring (bicyclic) bond motifs is 1. The van der Waals surface area contributed by atoms with Crippen LogP contribution in [0.2, 0.25) is 10.0 Å². The first-order valence-electron chi connectivity index (χ1n) is 11.5. The zero-order valence-electron chi connectivity index (χ0n) is 18.0. The first-order chi connectivity index (χ1) is 15.4. The van der Waals surface area contributed by atoms with Gasteiger partial charge in [0.1, 0.15) is 5.60 Å². The van der Waals surface area contributed by atoms with E-state index in [1.54, 1.807) is 17.0 Å². The number of nitrogens with zero attached hydrogens (tertiary/aromatic N) is 3. The van der Waals surface area contributed by atoms with Crippen LogP contribution in [0.4, 0.5) is 0 Å². The van der Waals surface area contributed by atoms with Crippen molar-refractivity contribution in [2.24, 2.45) is 0 Å². The fourth-order valence-corrected chi connectivity index (χ4v) is 5.77. The van der Waals surface area contributed by atoms with Crippen LogP contribution in [-0.4, -0.2) is 94.7 Å². The summed E-state index contributed by atoms with van der Waals surface area (Å²) < 4.78 is 5.97. The summed E-state index contributed by atoms with van der Waals surface area (Å²) in [6, 6.07) is 4.91. The highest BCUT2D eigenvalue weighted by atomic mass is 35.5. The minimum atomic E-state index is -1.22. The van der Waals surface area contributed by atoms with Gasteiger partial charge in [-0.3, -0.25) is 14.5 Å². The maximum absolute atomic E-state index is 13.5. The Kier molecular flexibility index (Phi) is 6.14. The van der Waals surface area contributed by atoms with Crippen LogP contribution >= 0.6 is 23.2 Å². The number of ether oxygens (including phenoxy) is 1. The van der Waals surface area contributed by atoms with Gasteiger partial charge in [-0.1, -0.05) is 29.3 Å². The average Bonchev–Trinajstić information content (AvgIpc) is 3.31. The summed E-state index contributed by atoms with van der Waals surface area (Å²) in [6.07, 6.45) is 3.51. The Hall–Kier alpha value is -1.38. The monoisotopic (exact) mass is 481 g/mol. The van der Waals surface area contributed by atoms with Crippen LogP contribution in [0.5, 0.6) is 0 Å². The van der Waals surface area contributed by atoms with Gasteiger partial charge in [0.15, 0.2) is 0 Å². The highest BCUT2D eigenvalue weighted by molar-refractivity contribution is 6.42. The molecule has 0 bridgehead atoms. The number of aliphatic hydroxyl groups is 1. The fourth-order valence-electron chi connectivity index (χ4n) is 5.45. The summed E-state index contributed by atoms with van der Waals surface area (Å²) in [4.78, 5) is 32.7. The molecule has 9 heteroatoms. The third kappa shape index (κ3) is 4.14. The first-order valence-corrected chi connectivity index (χ1v) is 12.2. The van der Waals surface area contributed by atoms with Crippen LogP contribution in [0.1, 0.15) is 31.2 Å². The zero-order chi connectivity index (χ0) is 22.5. The van der Waals surface area contributed by atoms with Crippen molar-refractivity contribution in [3.63, 3.8) is 0 Å². The normalized spacial score (nSPS) is 29.7. The van der Waals surface area contributed by atoms with Crippen LogP contribution in [0, 0.1) is 0 Å². The topological polar surface area (TPSA) is 73.3 Å². The number of rotatable bonds is 4. The molecular weight excluding hydrogens is 453 g/mol. The van der Waals surface area contributed by atoms with E-state index in [9.17, 15) is 14.7 Å². The molecule has 3 heterocycles. The summed E-state index contributed by atoms with van der Waals surface area (Å²) >= 11 is 12.2. The predicted molar refractivity (Wildman–Crippen MR) is 121 cm³/mol. The molecule has 3 saturated heterocycles. The second-order valence-electron chi connectivity index (χ2n) is 9.45. The second-order valence-corrected chi connectivity index (χ2v) is 10.3. The number of benzene rings is 1. The van der Waals surface area contributed by atoms with E-state index in [1.165, 1.54) is 0 Å². The van der Waals surface area contributed by atoms with Crippen molar-refractivity contribution in [1.29, 1.82) is 0 Å². The zero-order valence-corrected chi connectivity index (χ0v) is 19.5. The number of piperazine rings is 1. The lowest BCUT2D eigenvalue weighted by molar-refractivity contribution is -0.169. The largest absolute Gasteiger partial charge is 0.380 e. The van der Waals surface area contributed by atoms with Crippen LogP contribution in [0.15, 0.2) is 18.2 Å². The number of hydrogen-bond acceptors (Lipinski definition) is 5. The number of halogens is 2. The molecule has 3 aliphatic heterocycles. The van der Waals surface area contributed by atoms with Crippen molar-refractivity contribution < 1.29 is 19.4 Å². The highest BCUT2D eigenvalue weighted by Crippen LogP contribution is 2.39. The molecule has 174 valence electrons. The van der Waals surface area contributed by atoms with Crippen LogP contribution < -0.4 is 0 Å². The Labute approximate surface area is 198 Å². The molecule has 5 rings (SSSR count). The van der Waals surface area contributed by atoms with Crippen molar-refractivity contribution >= 4 is 35.0 Å². The number of carbonyl (C=O) groups is 2. The van der Waals surface area contributed by atoms with E-state index in [-0.39, 0.29) is 36.4 Å². The quantitative estimate of drug-likeness (QED) is 0.711. The second kappa shape index (κ2) is 8.76. The lowest BCUT2D eigenvalue weighted by Crippen LogP contribution is -2.73. The summed E-state index contributed by atoms with van der Waals surface area (Å²) in [5, 5.41) is 11.4. The molecule has 2 amide bonds. The smallest absolute Gasteiger partial charge is 0.254 e. The SMILES string of the molecule is O=C(Cc1ccc(Cl)c(Cl)c1)N1CCN(C(=O)C2(O)CC2)[C@@H]2COC[C@H](N3CCCC3)[C@H]21. The van der Waals surface area contributed by atoms with Crippen LogP contribution in [0.3, 0.4) is 0 Å². The van der Waals surface area contributed by atoms with E-state index in [0.717, 1.165) is 31.5 Å². The molecule has 7 nitrogen and oxygen atoms in total. The lowest BCUT2D eigenvalue weighted by Gasteiger charge is -2.54. The molecule has 3 atom stereocenters. The summed E-state index contributed by atoms with van der Waals surface area (Å²) in [5.74, 6) is -0.198. The number of likely N-dealkylation sites (tertiary alicyclic amines) is 1. The van der Waals surface area contributed by atoms with Gasteiger partial charge in [0.25, 0.3) is 5.91 Å². The van der Waals surface area contributed by atoms with Crippen molar-refractivity contribution in [2.45, 2.75) is 55.8 Å². The molecule has 4 aliphatic rings. The van der Waals surface area contributed by atoms with Gasteiger partial charge in [0.05, 0.1) is 47.8 Å². The maximum Gasteiger partial charge on any atom is 0.254 e. The summed E-state index contributed by atoms with van der Waals surface area (Å²) in [7, 11) is 0. The average molecular weight is 482 g/mol. The van der Waals surface area contributed by atoms with E-state index in [4.69, 9.17) is 27.9 Å². The molecule has 0 spiro atoms. The van der Waals surface area contributed by atoms with E-state index in [0.29, 0.717) is 49.2 Å². The van der Waals surface area contributed by atoms with Crippen molar-refractivity contribution in [2.75, 3.05) is 39.4 Å². The van der Waals surface area contributed by atoms with E-state index in [1.807, 2.05) is 11.0 Å². The number of carbonyl (C=O) groups excluding carboxylic acids is 2. The molecule has 0 unspecified atom stereocenters. The molecule has 1 aliphatic carbocycles. The van der Waals surface area contributed by atoms with Gasteiger partial charge in [-0.15, -0.1) is 0 Å². The lowest BCUT2D eigenvalue weighted by atomic mass is 9.90. The Morgan fingerprint density at radius 1 is 1.00 bits per heavy atom. The van der Waals surface area contributed by atoms with Gasteiger partial charge in [-0.05, 0) is 56.5 Å². The van der Waals surface area contributed by atoms with E-state index in [2.05, 4.69) is 4.90 Å². The molecule has 32 heavy (non-hydrogen) atoms. The summed E-state index contributed by atoms with van der Waals surface area (Å²) in [6.45, 7) is 3.74. The van der Waals surface area contributed by atoms with Gasteiger partial charge < -0.3 is 19.6 Å². The molecule has 0 aromatic heterocycles. The maximum atomic E-state index is 13.5. The molecule has 4 fully saturated rings. The molecule has 1 N–H and O–H groups in total. The third-order valence-electron chi connectivity index (χ3n) is 7.36. The predicted octanol–water partition coefficient (Wildman–Crippen LogP) is 1.96. The van der Waals surface area contributed by atoms with Gasteiger partial charge >= 0.3 is 0 Å². The van der Waals surface area contributed by atoms with Gasteiger partial charge in [0.2, 0.25) is 5.91 Å². The van der Waals surface area contributed by atoms with Crippen molar-refractivity contribution in [1.82, 2.24) is 14.7 Å². The Balaban J connectivity index is 1.41. The van der Waals surface area contributed by atoms with Crippen LogP contribution in [0.25, 0.3) is 0 Å². The standard InChI is InChI=1S/C23H29Cl2N3O4/c24-16-4-3-15(11-17(16)25)12-20(29)28-10-9-27(22(30)23(31)5-6-23)19-14-32-13-18(21(19)28)26-7-1-2-8-26/h3-4,11,18-19,21,31H,1-2,5-10,12-14H2/t18-,19+,21+/m0/s1. The highest BCUT2D eigenvalue weighted by Gasteiger charge is 2.55.